The van der Waals surface area contributed by atoms with E-state index in [0.717, 1.165) is 12.0 Å². The van der Waals surface area contributed by atoms with Crippen molar-refractivity contribution in [1.82, 2.24) is 5.32 Å². The number of hydrogen-bond acceptors (Lipinski definition) is 3. The first kappa shape index (κ1) is 15.4. The molecule has 0 aliphatic heterocycles. The van der Waals surface area contributed by atoms with E-state index in [1.165, 1.54) is 5.56 Å². The zero-order valence-electron chi connectivity index (χ0n) is 12.9. The van der Waals surface area contributed by atoms with E-state index in [-0.39, 0.29) is 11.3 Å². The predicted octanol–water partition coefficient (Wildman–Crippen LogP) is 3.51. The summed E-state index contributed by atoms with van der Waals surface area (Å²) in [5, 5.41) is 13.0. The van der Waals surface area contributed by atoms with Crippen LogP contribution in [0.3, 0.4) is 0 Å². The van der Waals surface area contributed by atoms with Gasteiger partial charge in [0.1, 0.15) is 11.5 Å². The standard InChI is InChI=1S/C18H23NO2/c1-18(2,12-14-7-5-4-6-8-14)19-13-15-9-10-16(20)11-17(15)21-3/h4-11,19-20H,12-13H2,1-3H3. The van der Waals surface area contributed by atoms with Crippen molar-refractivity contribution in [2.24, 2.45) is 0 Å². The molecule has 2 aromatic carbocycles. The highest BCUT2D eigenvalue weighted by molar-refractivity contribution is 5.40. The second kappa shape index (κ2) is 6.64. The van der Waals surface area contributed by atoms with Gasteiger partial charge in [0.25, 0.3) is 0 Å². The number of nitrogens with one attached hydrogen (secondary N) is 1. The van der Waals surface area contributed by atoms with Crippen LogP contribution in [0.5, 0.6) is 11.5 Å². The van der Waals surface area contributed by atoms with E-state index in [4.69, 9.17) is 4.74 Å². The average Bonchev–Trinajstić information content (AvgIpc) is 2.46. The lowest BCUT2D eigenvalue weighted by Gasteiger charge is -2.27. The molecule has 0 saturated heterocycles. The Bertz CT molecular complexity index is 579. The van der Waals surface area contributed by atoms with Crippen LogP contribution in [0.1, 0.15) is 25.0 Å². The van der Waals surface area contributed by atoms with Crippen LogP contribution >= 0.6 is 0 Å². The fraction of sp³-hybridized carbons (Fsp3) is 0.333. The zero-order valence-corrected chi connectivity index (χ0v) is 12.9. The van der Waals surface area contributed by atoms with Gasteiger partial charge in [0.2, 0.25) is 0 Å². The number of hydrogen-bond donors (Lipinski definition) is 2. The molecule has 2 aromatic rings. The average molecular weight is 285 g/mol. The quantitative estimate of drug-likeness (QED) is 0.853. The van der Waals surface area contributed by atoms with Gasteiger partial charge in [-0.2, -0.15) is 0 Å². The molecule has 0 radical (unpaired) electrons. The lowest BCUT2D eigenvalue weighted by Crippen LogP contribution is -2.40. The molecule has 0 aliphatic carbocycles. The highest BCUT2D eigenvalue weighted by Gasteiger charge is 2.18. The largest absolute Gasteiger partial charge is 0.508 e. The molecule has 3 nitrogen and oxygen atoms in total. The highest BCUT2D eigenvalue weighted by Crippen LogP contribution is 2.24. The predicted molar refractivity (Wildman–Crippen MR) is 85.7 cm³/mol. The summed E-state index contributed by atoms with van der Waals surface area (Å²) in [7, 11) is 1.62. The Morgan fingerprint density at radius 1 is 1.10 bits per heavy atom. The van der Waals surface area contributed by atoms with Gasteiger partial charge < -0.3 is 15.2 Å². The van der Waals surface area contributed by atoms with Crippen molar-refractivity contribution in [1.29, 1.82) is 0 Å². The monoisotopic (exact) mass is 285 g/mol. The Morgan fingerprint density at radius 2 is 1.81 bits per heavy atom. The van der Waals surface area contributed by atoms with E-state index in [1.54, 1.807) is 19.2 Å². The van der Waals surface area contributed by atoms with Crippen molar-refractivity contribution in [2.75, 3.05) is 7.11 Å². The van der Waals surface area contributed by atoms with Crippen molar-refractivity contribution < 1.29 is 9.84 Å². The first-order valence-corrected chi connectivity index (χ1v) is 7.15. The van der Waals surface area contributed by atoms with Crippen molar-refractivity contribution in [3.8, 4) is 11.5 Å². The molecular weight excluding hydrogens is 262 g/mol. The van der Waals surface area contributed by atoms with Gasteiger partial charge in [-0.05, 0) is 31.9 Å². The summed E-state index contributed by atoms with van der Waals surface area (Å²) >= 11 is 0. The molecule has 3 heteroatoms. The fourth-order valence-electron chi connectivity index (χ4n) is 2.38. The molecule has 0 aliphatic rings. The van der Waals surface area contributed by atoms with Crippen LogP contribution < -0.4 is 10.1 Å². The van der Waals surface area contributed by atoms with Crippen LogP contribution in [-0.2, 0) is 13.0 Å². The van der Waals surface area contributed by atoms with Gasteiger partial charge in [-0.15, -0.1) is 0 Å². The number of phenolic OH excluding ortho intramolecular Hbond substituents is 1. The smallest absolute Gasteiger partial charge is 0.127 e. The summed E-state index contributed by atoms with van der Waals surface area (Å²) in [6, 6.07) is 15.7. The minimum atomic E-state index is -0.0236. The maximum absolute atomic E-state index is 9.49. The van der Waals surface area contributed by atoms with E-state index < -0.39 is 0 Å². The van der Waals surface area contributed by atoms with Gasteiger partial charge in [0.15, 0.2) is 0 Å². The number of aromatic hydroxyl groups is 1. The van der Waals surface area contributed by atoms with Crippen molar-refractivity contribution >= 4 is 0 Å². The minimum absolute atomic E-state index is 0.0236. The molecule has 0 amide bonds. The normalized spacial score (nSPS) is 11.4. The Morgan fingerprint density at radius 3 is 2.48 bits per heavy atom. The van der Waals surface area contributed by atoms with Crippen LogP contribution in [0.25, 0.3) is 0 Å². The van der Waals surface area contributed by atoms with E-state index in [2.05, 4.69) is 43.4 Å². The summed E-state index contributed by atoms with van der Waals surface area (Å²) in [5.74, 6) is 0.928. The topological polar surface area (TPSA) is 41.5 Å². The molecule has 0 aromatic heterocycles. The summed E-state index contributed by atoms with van der Waals surface area (Å²) in [6.07, 6.45) is 0.953. The highest BCUT2D eigenvalue weighted by atomic mass is 16.5. The van der Waals surface area contributed by atoms with E-state index in [0.29, 0.717) is 12.3 Å². The number of phenols is 1. The molecule has 0 saturated carbocycles. The van der Waals surface area contributed by atoms with Crippen molar-refractivity contribution in [3.05, 3.63) is 59.7 Å². The lowest BCUT2D eigenvalue weighted by molar-refractivity contribution is 0.369. The zero-order chi connectivity index (χ0) is 15.3. The van der Waals surface area contributed by atoms with Crippen LogP contribution in [0, 0.1) is 0 Å². The van der Waals surface area contributed by atoms with Gasteiger partial charge in [-0.25, -0.2) is 0 Å². The third-order valence-electron chi connectivity index (χ3n) is 3.52. The molecule has 112 valence electrons. The molecule has 2 rings (SSSR count). The summed E-state index contributed by atoms with van der Waals surface area (Å²) in [6.45, 7) is 5.07. The summed E-state index contributed by atoms with van der Waals surface area (Å²) in [4.78, 5) is 0. The van der Waals surface area contributed by atoms with Gasteiger partial charge in [0.05, 0.1) is 7.11 Å². The van der Waals surface area contributed by atoms with Gasteiger partial charge in [-0.1, -0.05) is 36.4 Å². The second-order valence-electron chi connectivity index (χ2n) is 5.90. The molecule has 0 heterocycles. The van der Waals surface area contributed by atoms with E-state index in [1.807, 2.05) is 12.1 Å². The second-order valence-corrected chi connectivity index (χ2v) is 5.90. The first-order chi connectivity index (χ1) is 10.00. The molecular formula is C18H23NO2. The Kier molecular flexibility index (Phi) is 4.86. The molecule has 2 N–H and O–H groups in total. The van der Waals surface area contributed by atoms with Crippen LogP contribution in [0.15, 0.2) is 48.5 Å². The van der Waals surface area contributed by atoms with Gasteiger partial charge in [-0.3, -0.25) is 0 Å². The molecule has 0 atom stereocenters. The third kappa shape index (κ3) is 4.50. The number of ether oxygens (including phenoxy) is 1. The Labute approximate surface area is 126 Å². The van der Waals surface area contributed by atoms with E-state index >= 15 is 0 Å². The fourth-order valence-corrected chi connectivity index (χ4v) is 2.38. The SMILES string of the molecule is COc1cc(O)ccc1CNC(C)(C)Cc1ccccc1. The van der Waals surface area contributed by atoms with Crippen LogP contribution in [0.4, 0.5) is 0 Å². The summed E-state index contributed by atoms with van der Waals surface area (Å²) < 4.78 is 5.31. The maximum Gasteiger partial charge on any atom is 0.127 e. The third-order valence-corrected chi connectivity index (χ3v) is 3.52. The number of rotatable bonds is 6. The first-order valence-electron chi connectivity index (χ1n) is 7.15. The van der Waals surface area contributed by atoms with Gasteiger partial charge in [0, 0.05) is 23.7 Å². The van der Waals surface area contributed by atoms with Crippen molar-refractivity contribution in [2.45, 2.75) is 32.4 Å². The molecule has 0 spiro atoms. The van der Waals surface area contributed by atoms with Crippen LogP contribution in [-0.4, -0.2) is 17.8 Å². The number of benzene rings is 2. The molecule has 0 fully saturated rings. The summed E-state index contributed by atoms with van der Waals surface area (Å²) in [5.41, 5.74) is 2.33. The Balaban J connectivity index is 2.01. The van der Waals surface area contributed by atoms with E-state index in [9.17, 15) is 5.11 Å². The minimum Gasteiger partial charge on any atom is -0.508 e. The molecule has 0 unspecified atom stereocenters. The molecule has 0 bridgehead atoms. The van der Waals surface area contributed by atoms with Crippen molar-refractivity contribution in [3.63, 3.8) is 0 Å². The maximum atomic E-state index is 9.49. The Hall–Kier alpha value is -2.00. The molecule has 21 heavy (non-hydrogen) atoms. The van der Waals surface area contributed by atoms with Crippen LogP contribution in [0.2, 0.25) is 0 Å². The van der Waals surface area contributed by atoms with Gasteiger partial charge >= 0.3 is 0 Å². The lowest BCUT2D eigenvalue weighted by atomic mass is 9.94. The number of methoxy groups -OCH3 is 1.